The maximum atomic E-state index is 13.5. The van der Waals surface area contributed by atoms with E-state index in [0.717, 1.165) is 36.7 Å². The van der Waals surface area contributed by atoms with Gasteiger partial charge in [0.15, 0.2) is 11.5 Å². The van der Waals surface area contributed by atoms with Gasteiger partial charge in [0.05, 0.1) is 10.5 Å². The third kappa shape index (κ3) is 4.12. The summed E-state index contributed by atoms with van der Waals surface area (Å²) < 4.78 is 12.9. The molecule has 0 N–H and O–H groups in total. The minimum Gasteiger partial charge on any atom is -0.454 e. The molecule has 2 aromatic heterocycles. The summed E-state index contributed by atoms with van der Waals surface area (Å²) in [6, 6.07) is 11.5. The molecule has 1 aromatic carbocycles. The fraction of sp³-hybridized carbons (Fsp3) is 0.280. The van der Waals surface area contributed by atoms with Gasteiger partial charge in [-0.25, -0.2) is 4.98 Å². The monoisotopic (exact) mass is 521 g/mol. The topological polar surface area (TPSA) is 79.6 Å². The van der Waals surface area contributed by atoms with Gasteiger partial charge < -0.3 is 14.4 Å². The van der Waals surface area contributed by atoms with E-state index in [1.54, 1.807) is 25.4 Å². The summed E-state index contributed by atoms with van der Waals surface area (Å²) in [5, 5.41) is 0. The summed E-state index contributed by atoms with van der Waals surface area (Å²) in [5.74, 6) is 1.95. The Morgan fingerprint density at radius 3 is 2.67 bits per heavy atom. The lowest BCUT2D eigenvalue weighted by atomic mass is 10.1. The number of nitrogens with zero attached hydrogens (tertiary/aromatic N) is 5. The predicted molar refractivity (Wildman–Crippen MR) is 142 cm³/mol. The molecule has 5 heterocycles. The number of carbonyl (C=O) groups excluding carboxylic acids is 1. The first-order valence-corrected chi connectivity index (χ1v) is 12.8. The number of hydrogen-bond donors (Lipinski definition) is 0. The van der Waals surface area contributed by atoms with Crippen molar-refractivity contribution in [2.24, 2.45) is 0 Å². The Bertz CT molecular complexity index is 1480. The molecule has 11 heteroatoms. The quantitative estimate of drug-likeness (QED) is 0.380. The standard InChI is InChI=1S/C25H23N5O4S2/c1-27-24(32)20(36-25(27)35)13-17-22(26-21-4-2-3-7-30(21)23(17)31)29-10-8-28(9-11-29)14-16-5-6-18-19(12-16)34-15-33-18/h2-7,12-13H,8-11,14-15H2,1H3. The first-order chi connectivity index (χ1) is 17.5. The molecular formula is C25H23N5O4S2. The highest BCUT2D eigenvalue weighted by Crippen LogP contribution is 2.34. The van der Waals surface area contributed by atoms with E-state index in [1.807, 2.05) is 24.3 Å². The van der Waals surface area contributed by atoms with E-state index >= 15 is 0 Å². The molecule has 3 aliphatic rings. The van der Waals surface area contributed by atoms with Crippen LogP contribution in [0.15, 0.2) is 52.3 Å². The normalized spacial score (nSPS) is 19.2. The van der Waals surface area contributed by atoms with Gasteiger partial charge in [-0.3, -0.25) is 23.8 Å². The Kier molecular flexibility index (Phi) is 5.90. The number of amides is 1. The number of anilines is 1. The van der Waals surface area contributed by atoms with Gasteiger partial charge in [-0.2, -0.15) is 0 Å². The van der Waals surface area contributed by atoms with Crippen LogP contribution in [0.1, 0.15) is 11.1 Å². The molecule has 0 radical (unpaired) electrons. The van der Waals surface area contributed by atoms with E-state index in [2.05, 4.69) is 15.9 Å². The Hall–Kier alpha value is -3.41. The van der Waals surface area contributed by atoms with E-state index < -0.39 is 0 Å². The van der Waals surface area contributed by atoms with Gasteiger partial charge in [-0.1, -0.05) is 36.1 Å². The molecule has 3 aliphatic heterocycles. The highest BCUT2D eigenvalue weighted by Gasteiger charge is 2.30. The lowest BCUT2D eigenvalue weighted by Gasteiger charge is -2.36. The Morgan fingerprint density at radius 1 is 1.08 bits per heavy atom. The highest BCUT2D eigenvalue weighted by molar-refractivity contribution is 8.26. The third-order valence-corrected chi connectivity index (χ3v) is 8.01. The fourth-order valence-corrected chi connectivity index (χ4v) is 5.71. The van der Waals surface area contributed by atoms with E-state index in [-0.39, 0.29) is 18.3 Å². The Labute approximate surface area is 216 Å². The molecule has 0 aliphatic carbocycles. The van der Waals surface area contributed by atoms with Crippen LogP contribution in [-0.2, 0) is 11.3 Å². The van der Waals surface area contributed by atoms with Crippen LogP contribution in [0.5, 0.6) is 11.5 Å². The van der Waals surface area contributed by atoms with Crippen molar-refractivity contribution in [1.82, 2.24) is 19.2 Å². The van der Waals surface area contributed by atoms with Gasteiger partial charge in [0.2, 0.25) is 6.79 Å². The van der Waals surface area contributed by atoms with Gasteiger partial charge in [0.25, 0.3) is 11.5 Å². The van der Waals surface area contributed by atoms with Gasteiger partial charge >= 0.3 is 0 Å². The fourth-order valence-electron chi connectivity index (χ4n) is 4.55. The number of carbonyl (C=O) groups is 1. The SMILES string of the molecule is CN1C(=O)C(=Cc2c(N3CCN(Cc4ccc5c(c4)OCO5)CC3)nc3ccccn3c2=O)SC1=S. The summed E-state index contributed by atoms with van der Waals surface area (Å²) in [5.41, 5.74) is 1.93. The summed E-state index contributed by atoms with van der Waals surface area (Å²) >= 11 is 6.47. The molecule has 6 rings (SSSR count). The van der Waals surface area contributed by atoms with Crippen LogP contribution in [0.4, 0.5) is 5.82 Å². The number of ether oxygens (including phenoxy) is 2. The summed E-state index contributed by atoms with van der Waals surface area (Å²) in [7, 11) is 1.64. The molecule has 0 spiro atoms. The van der Waals surface area contributed by atoms with Crippen LogP contribution in [-0.4, -0.2) is 69.4 Å². The zero-order valence-corrected chi connectivity index (χ0v) is 21.2. The molecule has 2 fully saturated rings. The van der Waals surface area contributed by atoms with Crippen molar-refractivity contribution < 1.29 is 14.3 Å². The van der Waals surface area contributed by atoms with E-state index in [0.29, 0.717) is 39.3 Å². The molecule has 36 heavy (non-hydrogen) atoms. The van der Waals surface area contributed by atoms with Crippen LogP contribution < -0.4 is 19.9 Å². The van der Waals surface area contributed by atoms with Crippen LogP contribution in [0.25, 0.3) is 11.7 Å². The number of piperazine rings is 1. The number of thioether (sulfide) groups is 1. The van der Waals surface area contributed by atoms with Crippen LogP contribution in [0.2, 0.25) is 0 Å². The van der Waals surface area contributed by atoms with Crippen molar-refractivity contribution >= 4 is 51.7 Å². The van der Waals surface area contributed by atoms with Crippen LogP contribution in [0.3, 0.4) is 0 Å². The maximum Gasteiger partial charge on any atom is 0.267 e. The van der Waals surface area contributed by atoms with E-state index in [9.17, 15) is 9.59 Å². The predicted octanol–water partition coefficient (Wildman–Crippen LogP) is 2.58. The Morgan fingerprint density at radius 2 is 1.89 bits per heavy atom. The van der Waals surface area contributed by atoms with Crippen molar-refractivity contribution in [2.75, 3.05) is 44.9 Å². The highest BCUT2D eigenvalue weighted by atomic mass is 32.2. The molecule has 0 atom stereocenters. The van der Waals surface area contributed by atoms with E-state index in [1.165, 1.54) is 21.1 Å². The summed E-state index contributed by atoms with van der Waals surface area (Å²) in [6.07, 6.45) is 3.34. The maximum absolute atomic E-state index is 13.5. The second-order valence-electron chi connectivity index (χ2n) is 8.77. The van der Waals surface area contributed by atoms with E-state index in [4.69, 9.17) is 26.7 Å². The molecular weight excluding hydrogens is 498 g/mol. The molecule has 184 valence electrons. The number of hydrogen-bond acceptors (Lipinski definition) is 9. The lowest BCUT2D eigenvalue weighted by Crippen LogP contribution is -2.47. The summed E-state index contributed by atoms with van der Waals surface area (Å²) in [6.45, 7) is 4.08. The molecule has 0 bridgehead atoms. The third-order valence-electron chi connectivity index (χ3n) is 6.53. The largest absolute Gasteiger partial charge is 0.454 e. The van der Waals surface area contributed by atoms with Crippen LogP contribution in [0, 0.1) is 0 Å². The smallest absolute Gasteiger partial charge is 0.267 e. The zero-order valence-electron chi connectivity index (χ0n) is 19.5. The minimum atomic E-state index is -0.209. The Balaban J connectivity index is 1.28. The van der Waals surface area contributed by atoms with Crippen LogP contribution >= 0.6 is 24.0 Å². The molecule has 0 saturated carbocycles. The molecule has 0 unspecified atom stereocenters. The minimum absolute atomic E-state index is 0.206. The number of benzene rings is 1. The van der Waals surface area contributed by atoms with Gasteiger partial charge in [0, 0.05) is 46.0 Å². The second-order valence-corrected chi connectivity index (χ2v) is 10.5. The van der Waals surface area contributed by atoms with Gasteiger partial charge in [-0.15, -0.1) is 0 Å². The average molecular weight is 522 g/mol. The average Bonchev–Trinajstić information content (AvgIpc) is 3.46. The van der Waals surface area contributed by atoms with Gasteiger partial charge in [0.1, 0.15) is 15.8 Å². The first-order valence-electron chi connectivity index (χ1n) is 11.6. The molecule has 9 nitrogen and oxygen atoms in total. The van der Waals surface area contributed by atoms with Crippen molar-refractivity contribution in [3.63, 3.8) is 0 Å². The first kappa shape index (κ1) is 23.0. The lowest BCUT2D eigenvalue weighted by molar-refractivity contribution is -0.121. The molecule has 1 amide bonds. The number of aromatic nitrogens is 2. The van der Waals surface area contributed by atoms with Crippen molar-refractivity contribution in [3.8, 4) is 11.5 Å². The van der Waals surface area contributed by atoms with Crippen molar-refractivity contribution in [3.05, 3.63) is 69.0 Å². The zero-order chi connectivity index (χ0) is 24.8. The number of thiocarbonyl (C=S) groups is 1. The molecule has 3 aromatic rings. The van der Waals surface area contributed by atoms with Crippen molar-refractivity contribution in [1.29, 1.82) is 0 Å². The summed E-state index contributed by atoms with van der Waals surface area (Å²) in [4.78, 5) is 37.3. The number of pyridine rings is 1. The second kappa shape index (κ2) is 9.23. The number of rotatable bonds is 4. The van der Waals surface area contributed by atoms with Crippen molar-refractivity contribution in [2.45, 2.75) is 6.54 Å². The van der Waals surface area contributed by atoms with Gasteiger partial charge in [-0.05, 0) is 35.9 Å². The number of likely N-dealkylation sites (N-methyl/N-ethyl adjacent to an activating group) is 1. The number of fused-ring (bicyclic) bond motifs is 2. The molecule has 2 saturated heterocycles.